The number of hydrogen-bond acceptors (Lipinski definition) is 2. The highest BCUT2D eigenvalue weighted by molar-refractivity contribution is 7.85. The summed E-state index contributed by atoms with van der Waals surface area (Å²) in [7, 11) is -0.737. The summed E-state index contributed by atoms with van der Waals surface area (Å²) >= 11 is 5.63. The number of amides is 1. The van der Waals surface area contributed by atoms with Crippen LogP contribution >= 0.6 is 11.6 Å². The molecule has 1 fully saturated rings. The molecule has 2 unspecified atom stereocenters. The van der Waals surface area contributed by atoms with E-state index in [2.05, 4.69) is 0 Å². The first-order valence-corrected chi connectivity index (χ1v) is 6.87. The van der Waals surface area contributed by atoms with Crippen LogP contribution in [0.5, 0.6) is 0 Å². The van der Waals surface area contributed by atoms with Crippen molar-refractivity contribution in [3.63, 3.8) is 0 Å². The summed E-state index contributed by atoms with van der Waals surface area (Å²) in [5.74, 6) is 1.67. The first kappa shape index (κ1) is 12.0. The van der Waals surface area contributed by atoms with Gasteiger partial charge in [-0.3, -0.25) is 9.00 Å². The molecular weight excluding hydrogens is 222 g/mol. The van der Waals surface area contributed by atoms with Crippen LogP contribution in [0.3, 0.4) is 0 Å². The number of carbonyl (C=O) groups excluding carboxylic acids is 1. The van der Waals surface area contributed by atoms with Gasteiger partial charge in [0, 0.05) is 47.2 Å². The minimum absolute atomic E-state index is 0.0962. The van der Waals surface area contributed by atoms with Crippen LogP contribution in [0.4, 0.5) is 0 Å². The summed E-state index contributed by atoms with van der Waals surface area (Å²) in [6.45, 7) is 3.18. The summed E-state index contributed by atoms with van der Waals surface area (Å²) < 4.78 is 11.2. The van der Waals surface area contributed by atoms with E-state index < -0.39 is 10.8 Å². The Labute approximate surface area is 92.3 Å². The van der Waals surface area contributed by atoms with E-state index in [4.69, 9.17) is 11.6 Å². The Morgan fingerprint density at radius 2 is 2.21 bits per heavy atom. The molecule has 1 heterocycles. The molecule has 1 rings (SSSR count). The van der Waals surface area contributed by atoms with Crippen molar-refractivity contribution in [2.45, 2.75) is 13.3 Å². The Morgan fingerprint density at radius 1 is 1.50 bits per heavy atom. The molecule has 0 saturated carbocycles. The van der Waals surface area contributed by atoms with Crippen LogP contribution in [0, 0.1) is 5.92 Å². The van der Waals surface area contributed by atoms with E-state index in [9.17, 15) is 9.00 Å². The van der Waals surface area contributed by atoms with Gasteiger partial charge in [0.05, 0.1) is 0 Å². The highest BCUT2D eigenvalue weighted by Gasteiger charge is 2.21. The van der Waals surface area contributed by atoms with Crippen molar-refractivity contribution < 1.29 is 9.00 Å². The van der Waals surface area contributed by atoms with E-state index in [0.29, 0.717) is 18.2 Å². The first-order valence-electron chi connectivity index (χ1n) is 4.85. The number of carbonyl (C=O) groups is 1. The molecule has 1 aliphatic heterocycles. The fourth-order valence-corrected chi connectivity index (χ4v) is 2.65. The van der Waals surface area contributed by atoms with Gasteiger partial charge in [0.15, 0.2) is 0 Å². The summed E-state index contributed by atoms with van der Waals surface area (Å²) in [6.07, 6.45) is 0.841. The largest absolute Gasteiger partial charge is 0.341 e. The van der Waals surface area contributed by atoms with Crippen molar-refractivity contribution in [1.29, 1.82) is 0 Å². The third-order valence-electron chi connectivity index (χ3n) is 2.35. The van der Waals surface area contributed by atoms with Crippen LogP contribution in [0.15, 0.2) is 0 Å². The van der Waals surface area contributed by atoms with Gasteiger partial charge in [0.25, 0.3) is 0 Å². The SMILES string of the molecule is CC(CCl)C(=O)N1CCCS(=O)CC1. The average molecular weight is 238 g/mol. The quantitative estimate of drug-likeness (QED) is 0.668. The van der Waals surface area contributed by atoms with E-state index >= 15 is 0 Å². The molecule has 0 aromatic heterocycles. The maximum atomic E-state index is 11.7. The van der Waals surface area contributed by atoms with Crippen molar-refractivity contribution >= 4 is 28.3 Å². The lowest BCUT2D eigenvalue weighted by Gasteiger charge is -2.22. The van der Waals surface area contributed by atoms with Crippen LogP contribution in [-0.4, -0.2) is 45.5 Å². The van der Waals surface area contributed by atoms with Crippen molar-refractivity contribution in [2.24, 2.45) is 5.92 Å². The molecular formula is C9H16ClNO2S. The molecule has 14 heavy (non-hydrogen) atoms. The Kier molecular flexibility index (Phi) is 4.89. The highest BCUT2D eigenvalue weighted by atomic mass is 35.5. The minimum atomic E-state index is -0.737. The third kappa shape index (κ3) is 3.24. The Hall–Kier alpha value is -0.0900. The fourth-order valence-electron chi connectivity index (χ4n) is 1.44. The van der Waals surface area contributed by atoms with Gasteiger partial charge in [-0.1, -0.05) is 6.92 Å². The van der Waals surface area contributed by atoms with Crippen LogP contribution in [0.25, 0.3) is 0 Å². The average Bonchev–Trinajstić information content (AvgIpc) is 2.40. The predicted molar refractivity (Wildman–Crippen MR) is 59.0 cm³/mol. The smallest absolute Gasteiger partial charge is 0.226 e. The van der Waals surface area contributed by atoms with E-state index in [-0.39, 0.29) is 11.8 Å². The number of nitrogens with zero attached hydrogens (tertiary/aromatic N) is 1. The molecule has 1 aliphatic rings. The van der Waals surface area contributed by atoms with Gasteiger partial charge in [0.2, 0.25) is 5.91 Å². The standard InChI is InChI=1S/C9H16ClNO2S/c1-8(7-10)9(12)11-3-2-5-14(13)6-4-11/h8H,2-7H2,1H3. The van der Waals surface area contributed by atoms with Gasteiger partial charge in [-0.05, 0) is 6.42 Å². The Morgan fingerprint density at radius 3 is 2.86 bits per heavy atom. The molecule has 2 atom stereocenters. The summed E-state index contributed by atoms with van der Waals surface area (Å²) in [5, 5.41) is 0. The van der Waals surface area contributed by atoms with Crippen molar-refractivity contribution in [2.75, 3.05) is 30.5 Å². The minimum Gasteiger partial charge on any atom is -0.341 e. The topological polar surface area (TPSA) is 37.4 Å². The summed E-state index contributed by atoms with van der Waals surface area (Å²) in [4.78, 5) is 13.5. The molecule has 0 radical (unpaired) electrons. The molecule has 0 aromatic rings. The maximum Gasteiger partial charge on any atom is 0.226 e. The molecule has 1 saturated heterocycles. The summed E-state index contributed by atoms with van der Waals surface area (Å²) in [6, 6.07) is 0. The van der Waals surface area contributed by atoms with Crippen LogP contribution in [0.1, 0.15) is 13.3 Å². The van der Waals surface area contributed by atoms with Crippen molar-refractivity contribution in [3.05, 3.63) is 0 Å². The van der Waals surface area contributed by atoms with Crippen LogP contribution in [-0.2, 0) is 15.6 Å². The Bertz CT molecular complexity index is 235. The molecule has 82 valence electrons. The first-order chi connectivity index (χ1) is 6.65. The third-order valence-corrected chi connectivity index (χ3v) is 4.20. The number of halogens is 1. The normalized spacial score (nSPS) is 25.6. The van der Waals surface area contributed by atoms with E-state index in [1.54, 1.807) is 4.90 Å². The number of alkyl halides is 1. The van der Waals surface area contributed by atoms with E-state index in [0.717, 1.165) is 18.7 Å². The molecule has 0 aliphatic carbocycles. The summed E-state index contributed by atoms with van der Waals surface area (Å²) in [5.41, 5.74) is 0. The monoisotopic (exact) mass is 237 g/mol. The zero-order valence-corrected chi connectivity index (χ0v) is 9.94. The maximum absolute atomic E-state index is 11.7. The molecule has 0 bridgehead atoms. The number of rotatable bonds is 2. The van der Waals surface area contributed by atoms with Gasteiger partial charge in [-0.2, -0.15) is 0 Å². The van der Waals surface area contributed by atoms with E-state index in [1.807, 2.05) is 6.92 Å². The molecule has 5 heteroatoms. The second-order valence-corrected chi connectivity index (χ2v) is 5.59. The predicted octanol–water partition coefficient (Wildman–Crippen LogP) is 0.842. The molecule has 0 N–H and O–H groups in total. The fraction of sp³-hybridized carbons (Fsp3) is 0.889. The van der Waals surface area contributed by atoms with Crippen LogP contribution in [0.2, 0.25) is 0 Å². The second kappa shape index (κ2) is 5.71. The number of hydrogen-bond donors (Lipinski definition) is 0. The van der Waals surface area contributed by atoms with E-state index in [1.165, 1.54) is 0 Å². The zero-order chi connectivity index (χ0) is 10.6. The van der Waals surface area contributed by atoms with Gasteiger partial charge < -0.3 is 4.90 Å². The van der Waals surface area contributed by atoms with Gasteiger partial charge in [0.1, 0.15) is 0 Å². The zero-order valence-electron chi connectivity index (χ0n) is 8.37. The lowest BCUT2D eigenvalue weighted by Crippen LogP contribution is -2.37. The molecule has 3 nitrogen and oxygen atoms in total. The van der Waals surface area contributed by atoms with Gasteiger partial charge in [-0.15, -0.1) is 11.6 Å². The molecule has 0 aromatic carbocycles. The Balaban J connectivity index is 2.51. The second-order valence-electron chi connectivity index (χ2n) is 3.58. The lowest BCUT2D eigenvalue weighted by atomic mass is 10.2. The highest BCUT2D eigenvalue weighted by Crippen LogP contribution is 2.08. The van der Waals surface area contributed by atoms with Gasteiger partial charge >= 0.3 is 0 Å². The van der Waals surface area contributed by atoms with Gasteiger partial charge in [-0.25, -0.2) is 0 Å². The lowest BCUT2D eigenvalue weighted by molar-refractivity contribution is -0.134. The molecule has 0 spiro atoms. The molecule has 1 amide bonds. The van der Waals surface area contributed by atoms with Crippen LogP contribution < -0.4 is 0 Å². The van der Waals surface area contributed by atoms with Crippen molar-refractivity contribution in [1.82, 2.24) is 4.90 Å². The van der Waals surface area contributed by atoms with Crippen molar-refractivity contribution in [3.8, 4) is 0 Å².